The Bertz CT molecular complexity index is 145. The molecule has 1 saturated heterocycles. The van der Waals surface area contributed by atoms with Crippen molar-refractivity contribution in [3.05, 3.63) is 0 Å². The number of halogens is 1. The highest BCUT2D eigenvalue weighted by atomic mass is 35.5. The van der Waals surface area contributed by atoms with Crippen molar-refractivity contribution in [3.8, 4) is 0 Å². The number of likely N-dealkylation sites (tertiary alicyclic amines) is 1. The van der Waals surface area contributed by atoms with Gasteiger partial charge >= 0.3 is 0 Å². The van der Waals surface area contributed by atoms with Gasteiger partial charge in [-0.25, -0.2) is 0 Å². The molecule has 1 aliphatic carbocycles. The minimum atomic E-state index is 0. The third-order valence-electron chi connectivity index (χ3n) is 3.44. The fraction of sp³-hybridized carbons (Fsp3) is 1.00. The van der Waals surface area contributed by atoms with Crippen molar-refractivity contribution in [2.45, 2.75) is 44.7 Å². The monoisotopic (exact) mass is 204 g/mol. The van der Waals surface area contributed by atoms with Crippen LogP contribution in [0.1, 0.15) is 32.6 Å². The topological polar surface area (TPSA) is 29.3 Å². The first-order valence-corrected chi connectivity index (χ1v) is 5.25. The van der Waals surface area contributed by atoms with E-state index in [1.54, 1.807) is 0 Å². The summed E-state index contributed by atoms with van der Waals surface area (Å²) in [6.45, 7) is 4.77. The van der Waals surface area contributed by atoms with Gasteiger partial charge in [0, 0.05) is 25.2 Å². The SMILES string of the molecule is CC1CCC(N2CC[C@@H](N)C2)C1.Cl. The van der Waals surface area contributed by atoms with E-state index in [9.17, 15) is 0 Å². The van der Waals surface area contributed by atoms with Crippen LogP contribution in [-0.4, -0.2) is 30.1 Å². The molecule has 2 fully saturated rings. The van der Waals surface area contributed by atoms with Gasteiger partial charge in [0.15, 0.2) is 0 Å². The number of nitrogens with zero attached hydrogens (tertiary/aromatic N) is 1. The van der Waals surface area contributed by atoms with Crippen molar-refractivity contribution in [1.82, 2.24) is 4.90 Å². The van der Waals surface area contributed by atoms with E-state index >= 15 is 0 Å². The van der Waals surface area contributed by atoms with Gasteiger partial charge in [-0.15, -0.1) is 12.4 Å². The lowest BCUT2D eigenvalue weighted by atomic mass is 10.1. The van der Waals surface area contributed by atoms with Crippen LogP contribution in [0, 0.1) is 5.92 Å². The summed E-state index contributed by atoms with van der Waals surface area (Å²) >= 11 is 0. The van der Waals surface area contributed by atoms with Crippen molar-refractivity contribution >= 4 is 12.4 Å². The van der Waals surface area contributed by atoms with E-state index in [2.05, 4.69) is 11.8 Å². The van der Waals surface area contributed by atoms with Gasteiger partial charge in [0.25, 0.3) is 0 Å². The minimum Gasteiger partial charge on any atom is -0.326 e. The molecule has 2 aliphatic rings. The summed E-state index contributed by atoms with van der Waals surface area (Å²) in [6, 6.07) is 1.33. The van der Waals surface area contributed by atoms with E-state index < -0.39 is 0 Å². The molecular weight excluding hydrogens is 184 g/mol. The molecule has 0 aromatic rings. The first-order chi connectivity index (χ1) is 5.75. The molecule has 2 nitrogen and oxygen atoms in total. The molecule has 0 amide bonds. The van der Waals surface area contributed by atoms with Crippen LogP contribution in [0.3, 0.4) is 0 Å². The molecular formula is C10H21ClN2. The standard InChI is InChI=1S/C10H20N2.ClH/c1-8-2-3-10(6-8)12-5-4-9(11)7-12;/h8-10H,2-7,11H2,1H3;1H/t8?,9-,10?;/m1./s1. The maximum absolute atomic E-state index is 5.89. The molecule has 78 valence electrons. The normalized spacial score (nSPS) is 40.6. The lowest BCUT2D eigenvalue weighted by Crippen LogP contribution is -2.33. The molecule has 3 heteroatoms. The molecule has 1 saturated carbocycles. The zero-order valence-corrected chi connectivity index (χ0v) is 9.22. The first kappa shape index (κ1) is 11.3. The van der Waals surface area contributed by atoms with E-state index in [-0.39, 0.29) is 12.4 Å². The Hall–Kier alpha value is 0.210. The van der Waals surface area contributed by atoms with Gasteiger partial charge in [-0.1, -0.05) is 6.92 Å². The van der Waals surface area contributed by atoms with Crippen molar-refractivity contribution in [3.63, 3.8) is 0 Å². The lowest BCUT2D eigenvalue weighted by molar-refractivity contribution is 0.239. The van der Waals surface area contributed by atoms with Gasteiger partial charge in [-0.2, -0.15) is 0 Å². The molecule has 0 spiro atoms. The average molecular weight is 205 g/mol. The van der Waals surface area contributed by atoms with E-state index in [0.29, 0.717) is 6.04 Å². The Kier molecular flexibility index (Phi) is 4.02. The third-order valence-corrected chi connectivity index (χ3v) is 3.44. The van der Waals surface area contributed by atoms with E-state index in [0.717, 1.165) is 18.5 Å². The molecule has 0 aromatic carbocycles. The second-order valence-electron chi connectivity index (χ2n) is 4.62. The quantitative estimate of drug-likeness (QED) is 0.704. The van der Waals surface area contributed by atoms with Gasteiger partial charge in [0.1, 0.15) is 0 Å². The molecule has 0 aromatic heterocycles. The fourth-order valence-electron chi connectivity index (χ4n) is 2.66. The van der Waals surface area contributed by atoms with Crippen LogP contribution < -0.4 is 5.73 Å². The summed E-state index contributed by atoms with van der Waals surface area (Å²) in [5, 5.41) is 0. The maximum atomic E-state index is 5.89. The van der Waals surface area contributed by atoms with Gasteiger partial charge in [-0.05, 0) is 31.6 Å². The van der Waals surface area contributed by atoms with Crippen LogP contribution in [0.15, 0.2) is 0 Å². The molecule has 2 unspecified atom stereocenters. The molecule has 1 heterocycles. The molecule has 2 rings (SSSR count). The summed E-state index contributed by atoms with van der Waals surface area (Å²) < 4.78 is 0. The highest BCUT2D eigenvalue weighted by molar-refractivity contribution is 5.85. The maximum Gasteiger partial charge on any atom is 0.0180 e. The molecule has 0 bridgehead atoms. The van der Waals surface area contributed by atoms with Gasteiger partial charge in [0.05, 0.1) is 0 Å². The van der Waals surface area contributed by atoms with E-state index in [1.807, 2.05) is 0 Å². The summed E-state index contributed by atoms with van der Waals surface area (Å²) in [7, 11) is 0. The predicted octanol–water partition coefficient (Wildman–Crippen LogP) is 1.63. The van der Waals surface area contributed by atoms with Crippen molar-refractivity contribution in [2.75, 3.05) is 13.1 Å². The highest BCUT2D eigenvalue weighted by Gasteiger charge is 2.30. The van der Waals surface area contributed by atoms with Crippen molar-refractivity contribution in [1.29, 1.82) is 0 Å². The second kappa shape index (κ2) is 4.63. The first-order valence-electron chi connectivity index (χ1n) is 5.25. The number of hydrogen-bond donors (Lipinski definition) is 1. The third kappa shape index (κ3) is 2.58. The van der Waals surface area contributed by atoms with Gasteiger partial charge in [0.2, 0.25) is 0 Å². The predicted molar refractivity (Wildman–Crippen MR) is 58.2 cm³/mol. The Morgan fingerprint density at radius 3 is 2.46 bits per heavy atom. The van der Waals surface area contributed by atoms with E-state index in [4.69, 9.17) is 5.73 Å². The van der Waals surface area contributed by atoms with Crippen molar-refractivity contribution in [2.24, 2.45) is 11.7 Å². The average Bonchev–Trinajstić information content (AvgIpc) is 2.58. The van der Waals surface area contributed by atoms with Gasteiger partial charge < -0.3 is 5.73 Å². The van der Waals surface area contributed by atoms with Crippen LogP contribution >= 0.6 is 12.4 Å². The summed E-state index contributed by atoms with van der Waals surface area (Å²) in [5.41, 5.74) is 5.89. The Balaban J connectivity index is 0.000000845. The zero-order chi connectivity index (χ0) is 8.55. The second-order valence-corrected chi connectivity index (χ2v) is 4.62. The van der Waals surface area contributed by atoms with Crippen LogP contribution in [-0.2, 0) is 0 Å². The Morgan fingerprint density at radius 1 is 1.23 bits per heavy atom. The zero-order valence-electron chi connectivity index (χ0n) is 8.41. The number of rotatable bonds is 1. The van der Waals surface area contributed by atoms with E-state index in [1.165, 1.54) is 32.2 Å². The van der Waals surface area contributed by atoms with Crippen LogP contribution in [0.25, 0.3) is 0 Å². The smallest absolute Gasteiger partial charge is 0.0180 e. The highest BCUT2D eigenvalue weighted by Crippen LogP contribution is 2.30. The van der Waals surface area contributed by atoms with Crippen molar-refractivity contribution < 1.29 is 0 Å². The van der Waals surface area contributed by atoms with Crippen LogP contribution in [0.4, 0.5) is 0 Å². The molecule has 2 N–H and O–H groups in total. The molecule has 13 heavy (non-hydrogen) atoms. The number of nitrogens with two attached hydrogens (primary N) is 1. The summed E-state index contributed by atoms with van der Waals surface area (Å²) in [4.78, 5) is 2.61. The lowest BCUT2D eigenvalue weighted by Gasteiger charge is -2.23. The molecule has 1 aliphatic heterocycles. The summed E-state index contributed by atoms with van der Waals surface area (Å²) in [6.07, 6.45) is 5.46. The van der Waals surface area contributed by atoms with Crippen LogP contribution in [0.5, 0.6) is 0 Å². The Labute approximate surface area is 87.3 Å². The largest absolute Gasteiger partial charge is 0.326 e. The fourth-order valence-corrected chi connectivity index (χ4v) is 2.66. The number of hydrogen-bond acceptors (Lipinski definition) is 2. The van der Waals surface area contributed by atoms with Crippen LogP contribution in [0.2, 0.25) is 0 Å². The summed E-state index contributed by atoms with van der Waals surface area (Å²) in [5.74, 6) is 0.951. The molecule has 0 radical (unpaired) electrons. The molecule has 3 atom stereocenters. The minimum absolute atomic E-state index is 0. The Morgan fingerprint density at radius 2 is 2.00 bits per heavy atom. The van der Waals surface area contributed by atoms with Gasteiger partial charge in [-0.3, -0.25) is 4.90 Å².